The van der Waals surface area contributed by atoms with Crippen LogP contribution in [0.15, 0.2) is 73.1 Å². The Morgan fingerprint density at radius 3 is 2.29 bits per heavy atom. The van der Waals surface area contributed by atoms with Crippen LogP contribution in [0, 0.1) is 0 Å². The third kappa shape index (κ3) is 5.78. The normalized spacial score (nSPS) is 13.5. The highest BCUT2D eigenvalue weighted by molar-refractivity contribution is 6.37. The SMILES string of the molecule is COC(=O)c1ccc2c(c1)NC(=O)C2=C(Nc1ccc(N(CCN(C)C)C(C)=O)cc1)c1ccc2nccnc2c1. The molecule has 0 unspecified atom stereocenters. The number of ether oxygens (including phenoxy) is 1. The van der Waals surface area contributed by atoms with Gasteiger partial charge < -0.3 is 25.2 Å². The molecule has 10 heteroatoms. The maximum Gasteiger partial charge on any atom is 0.337 e. The van der Waals surface area contributed by atoms with Gasteiger partial charge in [-0.15, -0.1) is 0 Å². The number of anilines is 3. The lowest BCUT2D eigenvalue weighted by atomic mass is 9.98. The van der Waals surface area contributed by atoms with Gasteiger partial charge in [-0.1, -0.05) is 12.1 Å². The van der Waals surface area contributed by atoms with Crippen molar-refractivity contribution in [3.05, 3.63) is 89.7 Å². The van der Waals surface area contributed by atoms with E-state index in [2.05, 4.69) is 20.6 Å². The highest BCUT2D eigenvalue weighted by Crippen LogP contribution is 2.38. The van der Waals surface area contributed by atoms with Gasteiger partial charge in [0.25, 0.3) is 5.91 Å². The minimum absolute atomic E-state index is 0.0433. The molecule has 10 nitrogen and oxygen atoms in total. The summed E-state index contributed by atoms with van der Waals surface area (Å²) in [6, 6.07) is 18.1. The minimum Gasteiger partial charge on any atom is -0.465 e. The molecule has 0 spiro atoms. The molecule has 1 aliphatic heterocycles. The van der Waals surface area contributed by atoms with E-state index in [-0.39, 0.29) is 11.8 Å². The van der Waals surface area contributed by atoms with Crippen molar-refractivity contribution < 1.29 is 19.1 Å². The van der Waals surface area contributed by atoms with Crippen molar-refractivity contribution in [2.75, 3.05) is 49.8 Å². The Kier molecular flexibility index (Phi) is 7.75. The first kappa shape index (κ1) is 27.5. The second kappa shape index (κ2) is 11.6. The number of nitrogens with zero attached hydrogens (tertiary/aromatic N) is 4. The molecule has 2 N–H and O–H groups in total. The zero-order valence-electron chi connectivity index (χ0n) is 23.3. The molecule has 3 aromatic carbocycles. The van der Waals surface area contributed by atoms with Crippen LogP contribution in [0.25, 0.3) is 22.3 Å². The van der Waals surface area contributed by atoms with Gasteiger partial charge in [-0.25, -0.2) is 4.79 Å². The van der Waals surface area contributed by atoms with Crippen LogP contribution in [0.4, 0.5) is 17.1 Å². The average molecular weight is 551 g/mol. The monoisotopic (exact) mass is 550 g/mol. The highest BCUT2D eigenvalue weighted by Gasteiger charge is 2.29. The Morgan fingerprint density at radius 1 is 0.902 bits per heavy atom. The molecule has 41 heavy (non-hydrogen) atoms. The number of hydrogen-bond donors (Lipinski definition) is 2. The van der Waals surface area contributed by atoms with E-state index >= 15 is 0 Å². The van der Waals surface area contributed by atoms with Crippen molar-refractivity contribution >= 4 is 57.1 Å². The summed E-state index contributed by atoms with van der Waals surface area (Å²) in [4.78, 5) is 50.4. The molecular weight excluding hydrogens is 520 g/mol. The number of nitrogens with one attached hydrogen (secondary N) is 2. The predicted molar refractivity (Wildman–Crippen MR) is 159 cm³/mol. The van der Waals surface area contributed by atoms with E-state index in [1.807, 2.05) is 61.5 Å². The summed E-state index contributed by atoms with van der Waals surface area (Å²) in [6.45, 7) is 2.84. The number of hydrogen-bond acceptors (Lipinski definition) is 8. The van der Waals surface area contributed by atoms with Crippen molar-refractivity contribution in [2.24, 2.45) is 0 Å². The maximum absolute atomic E-state index is 13.4. The summed E-state index contributed by atoms with van der Waals surface area (Å²) in [5.41, 5.74) is 6.11. The summed E-state index contributed by atoms with van der Waals surface area (Å²) in [7, 11) is 5.24. The quantitative estimate of drug-likeness (QED) is 0.247. The summed E-state index contributed by atoms with van der Waals surface area (Å²) in [5, 5.41) is 6.31. The second-order valence-electron chi connectivity index (χ2n) is 9.86. The summed E-state index contributed by atoms with van der Waals surface area (Å²) < 4.78 is 4.84. The molecule has 2 amide bonds. The third-order valence-electron chi connectivity index (χ3n) is 6.79. The number of amides is 2. The fourth-order valence-electron chi connectivity index (χ4n) is 4.70. The van der Waals surface area contributed by atoms with Crippen LogP contribution >= 0.6 is 0 Å². The lowest BCUT2D eigenvalue weighted by Gasteiger charge is -2.23. The number of aromatic nitrogens is 2. The predicted octanol–water partition coefficient (Wildman–Crippen LogP) is 4.26. The van der Waals surface area contributed by atoms with Gasteiger partial charge in [0.2, 0.25) is 5.91 Å². The molecule has 1 aliphatic rings. The second-order valence-corrected chi connectivity index (χ2v) is 9.86. The topological polar surface area (TPSA) is 117 Å². The lowest BCUT2D eigenvalue weighted by Crippen LogP contribution is -2.35. The first-order valence-corrected chi connectivity index (χ1v) is 13.0. The number of esters is 1. The van der Waals surface area contributed by atoms with E-state index in [4.69, 9.17) is 4.74 Å². The van der Waals surface area contributed by atoms with Crippen LogP contribution in [0.5, 0.6) is 0 Å². The van der Waals surface area contributed by atoms with Crippen molar-refractivity contribution in [2.45, 2.75) is 6.92 Å². The molecule has 4 aromatic rings. The highest BCUT2D eigenvalue weighted by atomic mass is 16.5. The Labute approximate surface area is 237 Å². The number of methoxy groups -OCH3 is 1. The van der Waals surface area contributed by atoms with E-state index < -0.39 is 5.97 Å². The molecule has 0 atom stereocenters. The summed E-state index contributed by atoms with van der Waals surface area (Å²) in [6.07, 6.45) is 3.25. The van der Waals surface area contributed by atoms with Gasteiger partial charge in [0.15, 0.2) is 0 Å². The third-order valence-corrected chi connectivity index (χ3v) is 6.79. The van der Waals surface area contributed by atoms with Crippen LogP contribution in [0.2, 0.25) is 0 Å². The van der Waals surface area contributed by atoms with Crippen molar-refractivity contribution in [1.82, 2.24) is 14.9 Å². The fraction of sp³-hybridized carbons (Fsp3) is 0.194. The maximum atomic E-state index is 13.4. The Balaban J connectivity index is 1.58. The number of fused-ring (bicyclic) bond motifs is 2. The van der Waals surface area contributed by atoms with Crippen molar-refractivity contribution in [3.8, 4) is 0 Å². The van der Waals surface area contributed by atoms with Gasteiger partial charge in [-0.2, -0.15) is 0 Å². The van der Waals surface area contributed by atoms with Crippen LogP contribution in [-0.2, 0) is 14.3 Å². The molecule has 2 heterocycles. The minimum atomic E-state index is -0.490. The first-order valence-electron chi connectivity index (χ1n) is 13.0. The van der Waals surface area contributed by atoms with Crippen LogP contribution in [-0.4, -0.2) is 66.9 Å². The molecule has 5 rings (SSSR count). The van der Waals surface area contributed by atoms with Crippen LogP contribution < -0.4 is 15.5 Å². The molecule has 0 aliphatic carbocycles. The number of carbonyl (C=O) groups is 3. The molecule has 0 radical (unpaired) electrons. The smallest absolute Gasteiger partial charge is 0.337 e. The Bertz CT molecular complexity index is 1680. The van der Waals surface area contributed by atoms with Gasteiger partial charge in [0.05, 0.1) is 40.7 Å². The van der Waals surface area contributed by atoms with Gasteiger partial charge in [0, 0.05) is 54.9 Å². The van der Waals surface area contributed by atoms with E-state index in [0.717, 1.165) is 29.0 Å². The number of carbonyl (C=O) groups excluding carboxylic acids is 3. The molecule has 0 bridgehead atoms. The summed E-state index contributed by atoms with van der Waals surface area (Å²) >= 11 is 0. The average Bonchev–Trinajstić information content (AvgIpc) is 3.30. The molecule has 0 saturated carbocycles. The number of rotatable bonds is 8. The Morgan fingerprint density at radius 2 is 1.61 bits per heavy atom. The van der Waals surface area contributed by atoms with E-state index in [1.165, 1.54) is 7.11 Å². The van der Waals surface area contributed by atoms with Crippen LogP contribution in [0.1, 0.15) is 28.4 Å². The lowest BCUT2D eigenvalue weighted by molar-refractivity contribution is -0.116. The molecule has 208 valence electrons. The molecule has 1 aromatic heterocycles. The van der Waals surface area contributed by atoms with E-state index in [1.54, 1.807) is 42.4 Å². The largest absolute Gasteiger partial charge is 0.465 e. The standard InChI is InChI=1S/C31H30N6O4/c1-19(38)37(16-15-36(2)3)23-9-7-22(8-10-23)34-29(20-6-12-25-27(17-20)33-14-13-32-25)28-24-11-5-21(31(40)41-4)18-26(24)35-30(28)39/h5-14,17-18,34H,15-16H2,1-4H3,(H,35,39). The van der Waals surface area contributed by atoms with Crippen molar-refractivity contribution in [1.29, 1.82) is 0 Å². The molecular formula is C31H30N6O4. The fourth-order valence-corrected chi connectivity index (χ4v) is 4.70. The van der Waals surface area contributed by atoms with E-state index in [0.29, 0.717) is 40.1 Å². The van der Waals surface area contributed by atoms with Gasteiger partial charge >= 0.3 is 5.97 Å². The van der Waals surface area contributed by atoms with Crippen LogP contribution in [0.3, 0.4) is 0 Å². The molecule has 0 fully saturated rings. The van der Waals surface area contributed by atoms with Gasteiger partial charge in [0.1, 0.15) is 0 Å². The van der Waals surface area contributed by atoms with Gasteiger partial charge in [-0.3, -0.25) is 19.6 Å². The Hall–Kier alpha value is -5.09. The van der Waals surface area contributed by atoms with Crippen molar-refractivity contribution in [3.63, 3.8) is 0 Å². The van der Waals surface area contributed by atoms with E-state index in [9.17, 15) is 14.4 Å². The number of likely N-dealkylation sites (N-methyl/N-ethyl adjacent to an activating group) is 1. The zero-order chi connectivity index (χ0) is 29.1. The first-order chi connectivity index (χ1) is 19.7. The molecule has 0 saturated heterocycles. The van der Waals surface area contributed by atoms with Gasteiger partial charge in [-0.05, 0) is 62.6 Å². The number of benzene rings is 3. The zero-order valence-corrected chi connectivity index (χ0v) is 23.3. The summed E-state index contributed by atoms with van der Waals surface area (Å²) in [5.74, 6) is -0.846.